The molecular weight excluding hydrogens is 362 g/mol. The second-order valence-electron chi connectivity index (χ2n) is 5.95. The van der Waals surface area contributed by atoms with Crippen LogP contribution in [0.5, 0.6) is 0 Å². The molecule has 3 N–H and O–H groups in total. The van der Waals surface area contributed by atoms with Crippen LogP contribution in [0.3, 0.4) is 0 Å². The summed E-state index contributed by atoms with van der Waals surface area (Å²) in [6.45, 7) is 8.43. The maximum Gasteiger partial charge on any atom is 0.490 e. The molecule has 2 aliphatic heterocycles. The summed E-state index contributed by atoms with van der Waals surface area (Å²) < 4.78 is 63.5. The molecule has 2 saturated heterocycles. The van der Waals surface area contributed by atoms with Crippen molar-refractivity contribution in [3.8, 4) is 0 Å². The lowest BCUT2D eigenvalue weighted by atomic mass is 10.2. The SMILES string of the molecule is CC(C)CN1CC2CC1CN2.O=C(O)C(F)(F)F.O=C(O)C(F)(F)F. The number of hydrogen-bond acceptors (Lipinski definition) is 4. The molecule has 2 bridgehead atoms. The summed E-state index contributed by atoms with van der Waals surface area (Å²) in [4.78, 5) is 20.4. The number of fused-ring (bicyclic) bond motifs is 2. The van der Waals surface area contributed by atoms with Crippen LogP contribution >= 0.6 is 0 Å². The molecule has 0 radical (unpaired) electrons. The fourth-order valence-corrected chi connectivity index (χ4v) is 2.34. The number of rotatable bonds is 2. The average molecular weight is 382 g/mol. The minimum absolute atomic E-state index is 0.818. The molecule has 0 amide bonds. The fourth-order valence-electron chi connectivity index (χ4n) is 2.34. The first-order valence-electron chi connectivity index (χ1n) is 7.22. The molecule has 148 valence electrons. The first-order chi connectivity index (χ1) is 11.1. The molecule has 0 saturated carbocycles. The molecule has 2 rings (SSSR count). The van der Waals surface area contributed by atoms with Crippen LogP contribution in [0.15, 0.2) is 0 Å². The van der Waals surface area contributed by atoms with Crippen molar-refractivity contribution in [2.24, 2.45) is 5.92 Å². The largest absolute Gasteiger partial charge is 0.490 e. The summed E-state index contributed by atoms with van der Waals surface area (Å²) in [5.41, 5.74) is 0. The third-order valence-electron chi connectivity index (χ3n) is 3.25. The van der Waals surface area contributed by atoms with Crippen LogP contribution in [-0.2, 0) is 9.59 Å². The number of carboxylic acid groups (broad SMARTS) is 2. The number of piperazine rings is 1. The topological polar surface area (TPSA) is 89.9 Å². The number of hydrogen-bond donors (Lipinski definition) is 3. The first kappa shape index (κ1) is 23.4. The Morgan fingerprint density at radius 2 is 1.48 bits per heavy atom. The van der Waals surface area contributed by atoms with Gasteiger partial charge in [0.1, 0.15) is 0 Å². The first-order valence-corrected chi connectivity index (χ1v) is 7.22. The summed E-state index contributed by atoms with van der Waals surface area (Å²) in [6, 6.07) is 1.68. The zero-order valence-corrected chi connectivity index (χ0v) is 13.5. The predicted octanol–water partition coefficient (Wildman–Crippen LogP) is 1.96. The van der Waals surface area contributed by atoms with Gasteiger partial charge in [0.15, 0.2) is 0 Å². The number of carbonyl (C=O) groups is 2. The third kappa shape index (κ3) is 9.48. The van der Waals surface area contributed by atoms with Gasteiger partial charge < -0.3 is 15.5 Å². The van der Waals surface area contributed by atoms with Gasteiger partial charge in [0.2, 0.25) is 0 Å². The van der Waals surface area contributed by atoms with E-state index in [1.807, 2.05) is 0 Å². The van der Waals surface area contributed by atoms with Crippen LogP contribution in [0.2, 0.25) is 0 Å². The molecule has 12 heteroatoms. The number of carboxylic acids is 2. The lowest BCUT2D eigenvalue weighted by Gasteiger charge is -2.28. The lowest BCUT2D eigenvalue weighted by Crippen LogP contribution is -2.44. The van der Waals surface area contributed by atoms with E-state index in [2.05, 4.69) is 24.1 Å². The Morgan fingerprint density at radius 3 is 1.68 bits per heavy atom. The van der Waals surface area contributed by atoms with Crippen molar-refractivity contribution >= 4 is 11.9 Å². The second-order valence-corrected chi connectivity index (χ2v) is 5.95. The highest BCUT2D eigenvalue weighted by Crippen LogP contribution is 2.23. The number of halogens is 6. The lowest BCUT2D eigenvalue weighted by molar-refractivity contribution is -0.193. The quantitative estimate of drug-likeness (QED) is 0.633. The summed E-state index contributed by atoms with van der Waals surface area (Å²) in [5.74, 6) is -4.69. The van der Waals surface area contributed by atoms with Crippen molar-refractivity contribution in [2.75, 3.05) is 19.6 Å². The van der Waals surface area contributed by atoms with Gasteiger partial charge in [-0.1, -0.05) is 13.8 Å². The zero-order valence-electron chi connectivity index (χ0n) is 13.5. The van der Waals surface area contributed by atoms with Crippen molar-refractivity contribution in [3.63, 3.8) is 0 Å². The maximum absolute atomic E-state index is 10.6. The number of alkyl halides is 6. The van der Waals surface area contributed by atoms with E-state index >= 15 is 0 Å². The Bertz CT molecular complexity index is 429. The Kier molecular flexibility index (Phi) is 8.65. The van der Waals surface area contributed by atoms with Gasteiger partial charge in [-0.3, -0.25) is 4.90 Å². The second kappa shape index (κ2) is 9.22. The average Bonchev–Trinajstić information content (AvgIpc) is 2.99. The van der Waals surface area contributed by atoms with E-state index in [-0.39, 0.29) is 0 Å². The summed E-state index contributed by atoms with van der Waals surface area (Å²) >= 11 is 0. The van der Waals surface area contributed by atoms with E-state index in [0.717, 1.165) is 18.0 Å². The normalized spacial score (nSPS) is 22.8. The molecule has 6 nitrogen and oxygen atoms in total. The van der Waals surface area contributed by atoms with Crippen molar-refractivity contribution in [1.29, 1.82) is 0 Å². The van der Waals surface area contributed by atoms with E-state index in [1.165, 1.54) is 26.1 Å². The standard InChI is InChI=1S/C9H18N2.2C2HF3O2/c1-7(2)5-11-6-8-3-9(11)4-10-8;2*3-2(4,5)1(6)7/h7-10H,3-6H2,1-2H3;2*(H,6,7). The zero-order chi connectivity index (χ0) is 20.0. The highest BCUT2D eigenvalue weighted by molar-refractivity contribution is 5.73. The van der Waals surface area contributed by atoms with Gasteiger partial charge >= 0.3 is 24.3 Å². The third-order valence-corrected chi connectivity index (χ3v) is 3.25. The number of aliphatic carboxylic acids is 2. The summed E-state index contributed by atoms with van der Waals surface area (Å²) in [7, 11) is 0. The monoisotopic (exact) mass is 382 g/mol. The summed E-state index contributed by atoms with van der Waals surface area (Å²) in [5, 5.41) is 17.8. The van der Waals surface area contributed by atoms with Crippen LogP contribution in [0, 0.1) is 5.92 Å². The van der Waals surface area contributed by atoms with Crippen LogP contribution in [-0.4, -0.2) is 71.1 Å². The Labute approximate surface area is 139 Å². The molecule has 0 aliphatic carbocycles. The molecule has 25 heavy (non-hydrogen) atoms. The van der Waals surface area contributed by atoms with Crippen LogP contribution in [0.25, 0.3) is 0 Å². The van der Waals surface area contributed by atoms with E-state index in [0.29, 0.717) is 0 Å². The smallest absolute Gasteiger partial charge is 0.475 e. The molecule has 2 heterocycles. The number of likely N-dealkylation sites (tertiary alicyclic amines) is 1. The van der Waals surface area contributed by atoms with Crippen LogP contribution in [0.4, 0.5) is 26.3 Å². The van der Waals surface area contributed by atoms with Crippen molar-refractivity contribution in [3.05, 3.63) is 0 Å². The van der Waals surface area contributed by atoms with Gasteiger partial charge in [0.05, 0.1) is 0 Å². The van der Waals surface area contributed by atoms with Crippen LogP contribution in [0.1, 0.15) is 20.3 Å². The molecule has 0 aromatic rings. The Balaban J connectivity index is 0.000000366. The maximum atomic E-state index is 10.6. The van der Waals surface area contributed by atoms with Crippen molar-refractivity contribution in [1.82, 2.24) is 10.2 Å². The number of nitrogens with zero attached hydrogens (tertiary/aromatic N) is 1. The Morgan fingerprint density at radius 1 is 1.08 bits per heavy atom. The van der Waals surface area contributed by atoms with E-state index in [1.54, 1.807) is 0 Å². The van der Waals surface area contributed by atoms with Crippen molar-refractivity contribution in [2.45, 2.75) is 44.7 Å². The highest BCUT2D eigenvalue weighted by Gasteiger charge is 2.39. The highest BCUT2D eigenvalue weighted by atomic mass is 19.4. The van der Waals surface area contributed by atoms with Gasteiger partial charge in [-0.25, -0.2) is 9.59 Å². The van der Waals surface area contributed by atoms with Crippen LogP contribution < -0.4 is 5.32 Å². The minimum atomic E-state index is -5.08. The number of nitrogens with one attached hydrogen (secondary N) is 1. The molecule has 2 atom stereocenters. The Hall–Kier alpha value is -1.56. The fraction of sp³-hybridized carbons (Fsp3) is 0.846. The molecule has 0 aromatic heterocycles. The molecule has 2 aliphatic rings. The van der Waals surface area contributed by atoms with Gasteiger partial charge in [-0.15, -0.1) is 0 Å². The molecular formula is C13H20F6N2O4. The minimum Gasteiger partial charge on any atom is -0.475 e. The molecule has 2 unspecified atom stereocenters. The van der Waals surface area contributed by atoms with Gasteiger partial charge in [0, 0.05) is 31.7 Å². The molecule has 0 spiro atoms. The van der Waals surface area contributed by atoms with Gasteiger partial charge in [-0.05, 0) is 12.3 Å². The van der Waals surface area contributed by atoms with Gasteiger partial charge in [0.25, 0.3) is 0 Å². The summed E-state index contributed by atoms with van der Waals surface area (Å²) in [6.07, 6.45) is -8.77. The van der Waals surface area contributed by atoms with E-state index in [9.17, 15) is 26.3 Å². The molecule has 2 fully saturated rings. The van der Waals surface area contributed by atoms with E-state index in [4.69, 9.17) is 19.8 Å². The van der Waals surface area contributed by atoms with Gasteiger partial charge in [-0.2, -0.15) is 26.3 Å². The predicted molar refractivity (Wildman–Crippen MR) is 74.0 cm³/mol. The molecule has 0 aromatic carbocycles. The van der Waals surface area contributed by atoms with Crippen molar-refractivity contribution < 1.29 is 46.1 Å². The van der Waals surface area contributed by atoms with E-state index < -0.39 is 24.3 Å².